The Morgan fingerprint density at radius 1 is 1.44 bits per heavy atom. The minimum atomic E-state index is -1.11. The van der Waals surface area contributed by atoms with Crippen LogP contribution in [0, 0.1) is 12.8 Å². The van der Waals surface area contributed by atoms with Gasteiger partial charge in [0.05, 0.1) is 17.8 Å². The Balaban J connectivity index is 1.63. The summed E-state index contributed by atoms with van der Waals surface area (Å²) in [6.07, 6.45) is 0.168. The minimum absolute atomic E-state index is 0.211. The van der Waals surface area contributed by atoms with Crippen LogP contribution in [0.4, 0.5) is 9.18 Å². The largest absolute Gasteiger partial charge is 0.465 e. The smallest absolute Gasteiger partial charge is 0.408 e. The number of aromatic amines is 2. The molecule has 2 unspecified atom stereocenters. The second-order valence-corrected chi connectivity index (χ2v) is 8.18. The first-order valence-electron chi connectivity index (χ1n) is 8.63. The fourth-order valence-corrected chi connectivity index (χ4v) is 5.48. The molecular weight excluding hydrogens is 373 g/mol. The van der Waals surface area contributed by atoms with Gasteiger partial charge in [-0.2, -0.15) is 5.10 Å². The van der Waals surface area contributed by atoms with Gasteiger partial charge in [0.2, 0.25) is 0 Å². The Bertz CT molecular complexity index is 1120. The molecule has 27 heavy (non-hydrogen) atoms. The van der Waals surface area contributed by atoms with E-state index in [1.165, 1.54) is 16.2 Å². The first kappa shape index (κ1) is 16.4. The zero-order valence-electron chi connectivity index (χ0n) is 14.3. The molecule has 2 fully saturated rings. The maximum atomic E-state index is 14.3. The van der Waals surface area contributed by atoms with E-state index < -0.39 is 24.2 Å². The lowest BCUT2D eigenvalue weighted by Gasteiger charge is -2.33. The van der Waals surface area contributed by atoms with Crippen molar-refractivity contribution in [2.75, 3.05) is 0 Å². The van der Waals surface area contributed by atoms with E-state index in [1.807, 2.05) is 6.92 Å². The summed E-state index contributed by atoms with van der Waals surface area (Å²) < 4.78 is 14.7. The van der Waals surface area contributed by atoms with Crippen LogP contribution in [0.2, 0.25) is 0 Å². The van der Waals surface area contributed by atoms with Crippen LogP contribution in [-0.4, -0.2) is 48.5 Å². The van der Waals surface area contributed by atoms with Gasteiger partial charge in [-0.1, -0.05) is 0 Å². The third-order valence-electron chi connectivity index (χ3n) is 5.60. The van der Waals surface area contributed by atoms with E-state index in [-0.39, 0.29) is 23.8 Å². The number of aromatic nitrogens is 4. The number of amides is 1. The van der Waals surface area contributed by atoms with Crippen molar-refractivity contribution in [2.45, 2.75) is 38.0 Å². The first-order chi connectivity index (χ1) is 12.9. The van der Waals surface area contributed by atoms with Crippen LogP contribution in [0.3, 0.4) is 0 Å². The number of nitrogens with one attached hydrogen (secondary N) is 2. The summed E-state index contributed by atoms with van der Waals surface area (Å²) in [5, 5.41) is 16.4. The molecule has 2 bridgehead atoms. The topological polar surface area (TPSA) is 115 Å². The summed E-state index contributed by atoms with van der Waals surface area (Å²) in [5.74, 6) is -0.251. The van der Waals surface area contributed by atoms with Crippen LogP contribution >= 0.6 is 11.3 Å². The van der Waals surface area contributed by atoms with E-state index in [2.05, 4.69) is 20.2 Å². The van der Waals surface area contributed by atoms with Gasteiger partial charge < -0.3 is 10.1 Å². The molecule has 8 nitrogen and oxygen atoms in total. The first-order valence-corrected chi connectivity index (χ1v) is 9.45. The summed E-state index contributed by atoms with van der Waals surface area (Å²) in [6.45, 7) is 1.89. The normalized spacial score (nSPS) is 27.0. The molecule has 140 valence electrons. The number of rotatable bonds is 2. The van der Waals surface area contributed by atoms with E-state index in [0.717, 1.165) is 16.1 Å². The number of H-pyrrole nitrogens is 2. The summed E-state index contributed by atoms with van der Waals surface area (Å²) >= 11 is 1.30. The maximum absolute atomic E-state index is 14.3. The number of piperidine rings is 1. The lowest BCUT2D eigenvalue weighted by atomic mass is 9.96. The Kier molecular flexibility index (Phi) is 3.42. The van der Waals surface area contributed by atoms with Gasteiger partial charge >= 0.3 is 6.09 Å². The molecule has 0 aromatic carbocycles. The van der Waals surface area contributed by atoms with E-state index in [4.69, 9.17) is 0 Å². The molecule has 1 saturated heterocycles. The molecule has 3 aromatic rings. The second-order valence-electron chi connectivity index (χ2n) is 7.12. The van der Waals surface area contributed by atoms with Crippen LogP contribution in [-0.2, 0) is 0 Å². The fraction of sp³-hybridized carbons (Fsp3) is 0.412. The van der Waals surface area contributed by atoms with Crippen LogP contribution in [0.1, 0.15) is 30.4 Å². The van der Waals surface area contributed by atoms with Crippen molar-refractivity contribution >= 4 is 27.6 Å². The molecule has 3 aromatic heterocycles. The van der Waals surface area contributed by atoms with Crippen molar-refractivity contribution in [2.24, 2.45) is 5.92 Å². The quantitative estimate of drug-likeness (QED) is 0.623. The number of thiophene rings is 1. The van der Waals surface area contributed by atoms with Gasteiger partial charge in [0.25, 0.3) is 5.56 Å². The number of aryl methyl sites for hydroxylation is 1. The van der Waals surface area contributed by atoms with E-state index in [9.17, 15) is 19.1 Å². The zero-order valence-corrected chi connectivity index (χ0v) is 15.1. The maximum Gasteiger partial charge on any atom is 0.408 e. The van der Waals surface area contributed by atoms with Crippen LogP contribution in [0.25, 0.3) is 20.7 Å². The zero-order chi connectivity index (χ0) is 18.9. The average Bonchev–Trinajstić information content (AvgIpc) is 3.35. The molecule has 4 atom stereocenters. The highest BCUT2D eigenvalue weighted by atomic mass is 32.1. The highest BCUT2D eigenvalue weighted by Crippen LogP contribution is 2.50. The molecule has 2 aliphatic rings. The third kappa shape index (κ3) is 2.32. The highest BCUT2D eigenvalue weighted by Gasteiger charge is 2.55. The minimum Gasteiger partial charge on any atom is -0.465 e. The van der Waals surface area contributed by atoms with Gasteiger partial charge in [0.1, 0.15) is 16.7 Å². The standard InChI is InChI=1S/C17H16FN5O3S/c1-6-9(5-19-22-6)12-4-11-14(27-12)16(24)21-15(20-11)13-8-2-7(3-10(8)18)23(13)17(25)26/h4-5,7-8,10,13H,2-3H2,1H3,(H,19,22)(H,25,26)(H,20,21,24)/t7?,8?,10-,13-/m0/s1. The molecule has 3 N–H and O–H groups in total. The molecule has 1 aliphatic heterocycles. The second kappa shape index (κ2) is 5.62. The van der Waals surface area contributed by atoms with Crippen molar-refractivity contribution in [3.05, 3.63) is 34.1 Å². The fourth-order valence-electron chi connectivity index (χ4n) is 4.42. The predicted molar refractivity (Wildman–Crippen MR) is 96.6 cm³/mol. The number of halogens is 1. The van der Waals surface area contributed by atoms with E-state index in [1.54, 1.807) is 12.3 Å². The molecule has 1 aliphatic carbocycles. The average molecular weight is 389 g/mol. The molecule has 1 saturated carbocycles. The van der Waals surface area contributed by atoms with Gasteiger partial charge in [0, 0.05) is 28.1 Å². The Hall–Kier alpha value is -2.75. The van der Waals surface area contributed by atoms with Crippen molar-refractivity contribution in [1.82, 2.24) is 25.1 Å². The molecule has 10 heteroatoms. The van der Waals surface area contributed by atoms with Crippen molar-refractivity contribution in [1.29, 1.82) is 0 Å². The molecular formula is C17H16FN5O3S. The van der Waals surface area contributed by atoms with E-state index in [0.29, 0.717) is 16.6 Å². The number of fused-ring (bicyclic) bond motifs is 3. The Morgan fingerprint density at radius 2 is 2.26 bits per heavy atom. The lowest BCUT2D eigenvalue weighted by molar-refractivity contribution is 0.0691. The molecule has 0 radical (unpaired) electrons. The summed E-state index contributed by atoms with van der Waals surface area (Å²) in [5.41, 5.74) is 1.91. The lowest BCUT2D eigenvalue weighted by Crippen LogP contribution is -2.43. The molecule has 4 heterocycles. The highest BCUT2D eigenvalue weighted by molar-refractivity contribution is 7.22. The van der Waals surface area contributed by atoms with Gasteiger partial charge in [0.15, 0.2) is 0 Å². The summed E-state index contributed by atoms with van der Waals surface area (Å²) in [4.78, 5) is 33.6. The van der Waals surface area contributed by atoms with Crippen molar-refractivity contribution in [3.63, 3.8) is 0 Å². The van der Waals surface area contributed by atoms with Gasteiger partial charge in [-0.3, -0.25) is 14.8 Å². The number of alkyl halides is 1. The van der Waals surface area contributed by atoms with E-state index >= 15 is 0 Å². The van der Waals surface area contributed by atoms with Crippen molar-refractivity contribution in [3.8, 4) is 10.4 Å². The SMILES string of the molecule is Cc1[nH]ncc1-c1cc2nc([C@@H]3C4CC(C[C@@H]4F)N3C(=O)O)[nH]c(=O)c2s1. The monoisotopic (exact) mass is 389 g/mol. The van der Waals surface area contributed by atoms with Crippen LogP contribution in [0.5, 0.6) is 0 Å². The number of nitrogens with zero attached hydrogens (tertiary/aromatic N) is 3. The third-order valence-corrected chi connectivity index (χ3v) is 6.76. The van der Waals surface area contributed by atoms with Crippen molar-refractivity contribution < 1.29 is 14.3 Å². The molecule has 1 amide bonds. The summed E-state index contributed by atoms with van der Waals surface area (Å²) in [7, 11) is 0. The number of carboxylic acid groups (broad SMARTS) is 1. The number of hydrogen-bond acceptors (Lipinski definition) is 5. The Morgan fingerprint density at radius 3 is 2.96 bits per heavy atom. The summed E-state index contributed by atoms with van der Waals surface area (Å²) in [6, 6.07) is 0.675. The predicted octanol–water partition coefficient (Wildman–Crippen LogP) is 2.83. The van der Waals surface area contributed by atoms with Crippen LogP contribution in [0.15, 0.2) is 17.1 Å². The molecule has 5 rings (SSSR count). The van der Waals surface area contributed by atoms with Gasteiger partial charge in [-0.15, -0.1) is 11.3 Å². The molecule has 0 spiro atoms. The van der Waals surface area contributed by atoms with Crippen LogP contribution < -0.4 is 5.56 Å². The number of hydrogen-bond donors (Lipinski definition) is 3. The van der Waals surface area contributed by atoms with Gasteiger partial charge in [-0.05, 0) is 25.8 Å². The Labute approximate surface area is 156 Å². The number of likely N-dealkylation sites (tertiary alicyclic amines) is 1. The van der Waals surface area contributed by atoms with Gasteiger partial charge in [-0.25, -0.2) is 14.2 Å². The number of carbonyl (C=O) groups is 1.